The van der Waals surface area contributed by atoms with Crippen LogP contribution in [0.4, 0.5) is 0 Å². The molecule has 0 unspecified atom stereocenters. The van der Waals surface area contributed by atoms with Crippen LogP contribution in [-0.4, -0.2) is 20.4 Å². The lowest BCUT2D eigenvalue weighted by molar-refractivity contribution is -0.113. The summed E-state index contributed by atoms with van der Waals surface area (Å²) in [5.74, 6) is 0.946. The van der Waals surface area contributed by atoms with E-state index in [1.54, 1.807) is 11.8 Å². The van der Waals surface area contributed by atoms with Crippen molar-refractivity contribution in [3.05, 3.63) is 40.8 Å². The van der Waals surface area contributed by atoms with E-state index in [4.69, 9.17) is 23.2 Å². The van der Waals surface area contributed by atoms with Gasteiger partial charge in [-0.3, -0.25) is 4.79 Å². The minimum atomic E-state index is -0.566. The van der Waals surface area contributed by atoms with Crippen LogP contribution in [0, 0.1) is 5.92 Å². The highest BCUT2D eigenvalue weighted by atomic mass is 35.5. The molecule has 3 rings (SSSR count). The maximum Gasteiger partial charge on any atom is 0.285 e. The first kappa shape index (κ1) is 14.5. The lowest BCUT2D eigenvalue weighted by atomic mass is 10.2. The number of rotatable bonds is 3. The molecule has 0 bridgehead atoms. The van der Waals surface area contributed by atoms with Gasteiger partial charge in [0, 0.05) is 11.7 Å². The first-order chi connectivity index (χ1) is 9.54. The monoisotopic (exact) mass is 343 g/mol. The molecule has 2 aliphatic rings. The van der Waals surface area contributed by atoms with Gasteiger partial charge in [0.15, 0.2) is 0 Å². The molecule has 2 nitrogen and oxygen atoms in total. The van der Waals surface area contributed by atoms with E-state index >= 15 is 0 Å². The fraction of sp³-hybridized carbons (Fsp3) is 0.286. The standard InChI is InChI=1S/C14H11Cl2NOS2/c15-14(16)7-10(14)8-19-13-17-12(18)11(20-13)6-9-4-2-1-3-5-9/h1-6,10H,7-8H2/b11-6+/t10-/m1/s1. The molecule has 1 aromatic rings. The third kappa shape index (κ3) is 3.42. The van der Waals surface area contributed by atoms with Gasteiger partial charge in [-0.2, -0.15) is 4.99 Å². The normalized spacial score (nSPS) is 25.9. The fourth-order valence-corrected chi connectivity index (χ4v) is 4.73. The summed E-state index contributed by atoms with van der Waals surface area (Å²) in [6, 6.07) is 9.77. The first-order valence-electron chi connectivity index (χ1n) is 6.13. The van der Waals surface area contributed by atoms with Gasteiger partial charge in [0.25, 0.3) is 5.91 Å². The Hall–Kier alpha value is -0.420. The van der Waals surface area contributed by atoms with E-state index in [2.05, 4.69) is 4.99 Å². The number of nitrogens with zero attached hydrogens (tertiary/aromatic N) is 1. The Morgan fingerprint density at radius 2 is 2.10 bits per heavy atom. The molecule has 1 aromatic carbocycles. The molecule has 0 radical (unpaired) electrons. The van der Waals surface area contributed by atoms with E-state index in [-0.39, 0.29) is 5.91 Å². The van der Waals surface area contributed by atoms with Gasteiger partial charge in [0.05, 0.1) is 4.91 Å². The zero-order chi connectivity index (χ0) is 14.2. The second-order valence-electron chi connectivity index (χ2n) is 4.68. The Morgan fingerprint density at radius 1 is 1.40 bits per heavy atom. The SMILES string of the molecule is O=C1N=C(SC[C@H]2CC2(Cl)Cl)S/C1=C/c1ccccc1. The number of hydrogen-bond acceptors (Lipinski definition) is 3. The van der Waals surface area contributed by atoms with Crippen LogP contribution in [0.1, 0.15) is 12.0 Å². The van der Waals surface area contributed by atoms with E-state index in [1.807, 2.05) is 36.4 Å². The summed E-state index contributed by atoms with van der Waals surface area (Å²) in [4.78, 5) is 16.6. The van der Waals surface area contributed by atoms with Gasteiger partial charge < -0.3 is 0 Å². The van der Waals surface area contributed by atoms with E-state index in [0.717, 1.165) is 22.1 Å². The number of benzene rings is 1. The van der Waals surface area contributed by atoms with Crippen LogP contribution in [0.15, 0.2) is 40.2 Å². The van der Waals surface area contributed by atoms with Crippen LogP contribution in [0.2, 0.25) is 0 Å². The van der Waals surface area contributed by atoms with Crippen molar-refractivity contribution in [2.45, 2.75) is 10.8 Å². The quantitative estimate of drug-likeness (QED) is 0.594. The predicted octanol–water partition coefficient (Wildman–Crippen LogP) is 4.58. The number of alkyl halides is 2. The average Bonchev–Trinajstić information content (AvgIpc) is 2.88. The van der Waals surface area contributed by atoms with Crippen LogP contribution in [0.25, 0.3) is 6.08 Å². The molecule has 0 N–H and O–H groups in total. The summed E-state index contributed by atoms with van der Waals surface area (Å²) >= 11 is 14.9. The van der Waals surface area contributed by atoms with Crippen LogP contribution >= 0.6 is 46.7 Å². The molecule has 1 atom stereocenters. The second kappa shape index (κ2) is 5.76. The highest BCUT2D eigenvalue weighted by Crippen LogP contribution is 2.54. The summed E-state index contributed by atoms with van der Waals surface area (Å²) in [5.41, 5.74) is 1.01. The van der Waals surface area contributed by atoms with Gasteiger partial charge in [0.1, 0.15) is 8.71 Å². The van der Waals surface area contributed by atoms with E-state index < -0.39 is 4.33 Å². The topological polar surface area (TPSA) is 29.4 Å². The molecule has 0 saturated heterocycles. The number of carbonyl (C=O) groups excluding carboxylic acids is 1. The predicted molar refractivity (Wildman–Crippen MR) is 89.5 cm³/mol. The fourth-order valence-electron chi connectivity index (χ4n) is 1.77. The summed E-state index contributed by atoms with van der Waals surface area (Å²) in [6.45, 7) is 0. The Balaban J connectivity index is 1.60. The van der Waals surface area contributed by atoms with Crippen LogP contribution in [0.3, 0.4) is 0 Å². The van der Waals surface area contributed by atoms with Crippen LogP contribution in [-0.2, 0) is 4.79 Å². The van der Waals surface area contributed by atoms with Crippen molar-refractivity contribution < 1.29 is 4.79 Å². The highest BCUT2D eigenvalue weighted by Gasteiger charge is 2.51. The van der Waals surface area contributed by atoms with Crippen molar-refractivity contribution >= 4 is 63.1 Å². The molecule has 6 heteroatoms. The Bertz CT molecular complexity index is 598. The van der Waals surface area contributed by atoms with Gasteiger partial charge in [-0.1, -0.05) is 53.9 Å². The minimum absolute atomic E-state index is 0.167. The number of thioether (sulfide) groups is 2. The van der Waals surface area contributed by atoms with E-state index in [1.165, 1.54) is 11.8 Å². The minimum Gasteiger partial charge on any atom is -0.266 e. The van der Waals surface area contributed by atoms with Crippen molar-refractivity contribution in [3.63, 3.8) is 0 Å². The van der Waals surface area contributed by atoms with Gasteiger partial charge in [-0.15, -0.1) is 23.2 Å². The number of amides is 1. The van der Waals surface area contributed by atoms with Gasteiger partial charge in [0.2, 0.25) is 0 Å². The molecular weight excluding hydrogens is 333 g/mol. The molecule has 104 valence electrons. The van der Waals surface area contributed by atoms with E-state index in [0.29, 0.717) is 10.8 Å². The number of halogens is 2. The molecule has 1 saturated carbocycles. The third-order valence-electron chi connectivity index (χ3n) is 3.06. The summed E-state index contributed by atoms with van der Waals surface area (Å²) in [6.07, 6.45) is 2.69. The first-order valence-corrected chi connectivity index (χ1v) is 8.69. The summed E-state index contributed by atoms with van der Waals surface area (Å²) < 4.78 is 0.219. The zero-order valence-corrected chi connectivity index (χ0v) is 13.5. The van der Waals surface area contributed by atoms with Crippen molar-refractivity contribution in [1.29, 1.82) is 0 Å². The maximum absolute atomic E-state index is 11.8. The molecule has 1 aliphatic carbocycles. The smallest absolute Gasteiger partial charge is 0.266 e. The zero-order valence-electron chi connectivity index (χ0n) is 10.4. The molecule has 1 amide bonds. The number of carbonyl (C=O) groups is 1. The van der Waals surface area contributed by atoms with Gasteiger partial charge in [-0.05, 0) is 18.1 Å². The van der Waals surface area contributed by atoms with Crippen LogP contribution < -0.4 is 0 Å². The molecule has 20 heavy (non-hydrogen) atoms. The summed E-state index contributed by atoms with van der Waals surface area (Å²) in [5, 5.41) is 0. The van der Waals surface area contributed by atoms with E-state index in [9.17, 15) is 4.79 Å². The molecule has 0 spiro atoms. The lowest BCUT2D eigenvalue weighted by Gasteiger charge is -1.99. The molecule has 0 aromatic heterocycles. The van der Waals surface area contributed by atoms with Crippen molar-refractivity contribution in [3.8, 4) is 0 Å². The lowest BCUT2D eigenvalue weighted by Crippen LogP contribution is -1.94. The van der Waals surface area contributed by atoms with Crippen molar-refractivity contribution in [1.82, 2.24) is 0 Å². The largest absolute Gasteiger partial charge is 0.285 e. The van der Waals surface area contributed by atoms with Gasteiger partial charge >= 0.3 is 0 Å². The maximum atomic E-state index is 11.8. The average molecular weight is 344 g/mol. The summed E-state index contributed by atoms with van der Waals surface area (Å²) in [7, 11) is 0. The molecular formula is C14H11Cl2NOS2. The Labute approximate surface area is 136 Å². The Morgan fingerprint density at radius 3 is 2.75 bits per heavy atom. The third-order valence-corrected chi connectivity index (χ3v) is 6.28. The van der Waals surface area contributed by atoms with Crippen molar-refractivity contribution in [2.24, 2.45) is 10.9 Å². The van der Waals surface area contributed by atoms with Gasteiger partial charge in [-0.25, -0.2) is 0 Å². The number of aliphatic imine (C=N–C) groups is 1. The van der Waals surface area contributed by atoms with Crippen molar-refractivity contribution in [2.75, 3.05) is 5.75 Å². The molecule has 1 aliphatic heterocycles. The number of hydrogen-bond donors (Lipinski definition) is 0. The molecule has 1 fully saturated rings. The second-order valence-corrected chi connectivity index (χ2v) is 8.52. The van der Waals surface area contributed by atoms with Crippen LogP contribution in [0.5, 0.6) is 0 Å². The molecule has 1 heterocycles. The Kier molecular flexibility index (Phi) is 4.18. The highest BCUT2D eigenvalue weighted by molar-refractivity contribution is 8.41.